The van der Waals surface area contributed by atoms with Crippen molar-refractivity contribution < 1.29 is 9.59 Å². The summed E-state index contributed by atoms with van der Waals surface area (Å²) >= 11 is 1.59. The number of hydrogen-bond donors (Lipinski definition) is 2. The van der Waals surface area contributed by atoms with Crippen LogP contribution in [0, 0.1) is 0 Å². The molecule has 0 bridgehead atoms. The van der Waals surface area contributed by atoms with E-state index in [1.54, 1.807) is 15.9 Å². The third-order valence-electron chi connectivity index (χ3n) is 3.67. The van der Waals surface area contributed by atoms with E-state index < -0.39 is 0 Å². The summed E-state index contributed by atoms with van der Waals surface area (Å²) in [4.78, 5) is 24.2. The van der Waals surface area contributed by atoms with Gasteiger partial charge in [0.2, 0.25) is 5.91 Å². The highest BCUT2D eigenvalue weighted by atomic mass is 32.1. The molecule has 0 spiro atoms. The lowest BCUT2D eigenvalue weighted by molar-refractivity contribution is -0.121. The van der Waals surface area contributed by atoms with E-state index in [4.69, 9.17) is 0 Å². The van der Waals surface area contributed by atoms with Gasteiger partial charge in [0.05, 0.1) is 11.4 Å². The molecule has 2 N–H and O–H groups in total. The number of fused-ring (bicyclic) bond motifs is 1. The van der Waals surface area contributed by atoms with Crippen LogP contribution in [0.4, 0.5) is 0 Å². The molecule has 1 aliphatic rings. The Morgan fingerprint density at radius 3 is 2.96 bits per heavy atom. The number of hydrogen-bond acceptors (Lipinski definition) is 7. The number of aromatic nitrogens is 4. The molecule has 126 valence electrons. The molecule has 4 heterocycles. The maximum Gasteiger partial charge on any atom is 0.267 e. The predicted molar refractivity (Wildman–Crippen MR) is 90.8 cm³/mol. The fourth-order valence-electron chi connectivity index (χ4n) is 2.40. The Kier molecular flexibility index (Phi) is 3.94. The van der Waals surface area contributed by atoms with Gasteiger partial charge in [0.1, 0.15) is 11.4 Å². The fraction of sp³-hybridized carbons (Fsp3) is 0.200. The van der Waals surface area contributed by atoms with E-state index in [1.165, 1.54) is 0 Å². The molecule has 0 saturated heterocycles. The van der Waals surface area contributed by atoms with Crippen LogP contribution in [0.3, 0.4) is 0 Å². The normalized spacial score (nSPS) is 14.2. The van der Waals surface area contributed by atoms with Gasteiger partial charge in [-0.2, -0.15) is 14.7 Å². The average molecular weight is 355 g/mol. The summed E-state index contributed by atoms with van der Waals surface area (Å²) in [6, 6.07) is 7.67. The summed E-state index contributed by atoms with van der Waals surface area (Å²) in [5, 5.41) is 21.2. The van der Waals surface area contributed by atoms with Crippen molar-refractivity contribution in [1.82, 2.24) is 30.6 Å². The predicted octanol–water partition coefficient (Wildman–Crippen LogP) is 0.735. The second kappa shape index (κ2) is 6.40. The highest BCUT2D eigenvalue weighted by Crippen LogP contribution is 2.22. The largest absolute Gasteiger partial charge is 0.344 e. The van der Waals surface area contributed by atoms with Gasteiger partial charge < -0.3 is 5.32 Å². The summed E-state index contributed by atoms with van der Waals surface area (Å²) in [7, 11) is 0. The molecule has 0 unspecified atom stereocenters. The number of carbonyl (C=O) groups excluding carboxylic acids is 2. The lowest BCUT2D eigenvalue weighted by Crippen LogP contribution is -2.36. The molecule has 9 nitrogen and oxygen atoms in total. The van der Waals surface area contributed by atoms with Gasteiger partial charge in [0, 0.05) is 12.8 Å². The molecule has 1 aliphatic heterocycles. The van der Waals surface area contributed by atoms with Crippen LogP contribution in [0.1, 0.15) is 18.7 Å². The maximum absolute atomic E-state index is 12.1. The minimum Gasteiger partial charge on any atom is -0.344 e. The van der Waals surface area contributed by atoms with Crippen LogP contribution in [0.25, 0.3) is 16.2 Å². The monoisotopic (exact) mass is 355 g/mol. The number of hydrazone groups is 1. The highest BCUT2D eigenvalue weighted by molar-refractivity contribution is 7.13. The summed E-state index contributed by atoms with van der Waals surface area (Å²) < 4.78 is 1.61. The Balaban J connectivity index is 1.52. The number of nitrogens with one attached hydrogen (secondary N) is 2. The lowest BCUT2D eigenvalue weighted by Gasteiger charge is -2.11. The molecular weight excluding hydrogens is 342 g/mol. The molecule has 2 amide bonds. The van der Waals surface area contributed by atoms with Gasteiger partial charge in [-0.05, 0) is 23.6 Å². The van der Waals surface area contributed by atoms with Crippen molar-refractivity contribution in [3.63, 3.8) is 0 Å². The minimum absolute atomic E-state index is 0.161. The standard InChI is InChI=1S/C15H13N7O2S/c23-14-6-4-10(17-20-14)15(24)16-8-13-19-18-12-5-3-9(21-22(12)13)11-2-1-7-25-11/h1-3,5,7H,4,6,8H2,(H,16,24)(H,20,23). The van der Waals surface area contributed by atoms with Crippen LogP contribution in [0.2, 0.25) is 0 Å². The van der Waals surface area contributed by atoms with Gasteiger partial charge in [-0.3, -0.25) is 9.59 Å². The first-order valence-electron chi connectivity index (χ1n) is 7.59. The van der Waals surface area contributed by atoms with E-state index in [1.807, 2.05) is 29.6 Å². The van der Waals surface area contributed by atoms with Crippen molar-refractivity contribution in [3.05, 3.63) is 35.5 Å². The van der Waals surface area contributed by atoms with Gasteiger partial charge in [-0.1, -0.05) is 6.07 Å². The molecule has 0 fully saturated rings. The van der Waals surface area contributed by atoms with Crippen LogP contribution >= 0.6 is 11.3 Å². The maximum atomic E-state index is 12.1. The van der Waals surface area contributed by atoms with Gasteiger partial charge in [0.15, 0.2) is 11.5 Å². The van der Waals surface area contributed by atoms with E-state index in [2.05, 4.69) is 31.1 Å². The van der Waals surface area contributed by atoms with E-state index in [9.17, 15) is 9.59 Å². The zero-order valence-electron chi connectivity index (χ0n) is 13.0. The summed E-state index contributed by atoms with van der Waals surface area (Å²) in [6.45, 7) is 0.161. The quantitative estimate of drug-likeness (QED) is 0.716. The summed E-state index contributed by atoms with van der Waals surface area (Å²) in [5.74, 6) is -0.0151. The molecule has 25 heavy (non-hydrogen) atoms. The third-order valence-corrected chi connectivity index (χ3v) is 4.57. The third kappa shape index (κ3) is 3.11. The Hall–Kier alpha value is -3.14. The van der Waals surface area contributed by atoms with Crippen LogP contribution in [-0.2, 0) is 16.1 Å². The number of amides is 2. The SMILES string of the molecule is O=C1CCC(C(=O)NCc2nnc3ccc(-c4cccs4)nn23)=NN1. The van der Waals surface area contributed by atoms with Gasteiger partial charge >= 0.3 is 0 Å². The molecule has 0 saturated carbocycles. The van der Waals surface area contributed by atoms with Crippen molar-refractivity contribution >= 4 is 34.5 Å². The van der Waals surface area contributed by atoms with Crippen LogP contribution in [0.15, 0.2) is 34.7 Å². The minimum atomic E-state index is -0.342. The van der Waals surface area contributed by atoms with Crippen molar-refractivity contribution in [2.24, 2.45) is 5.10 Å². The van der Waals surface area contributed by atoms with Crippen molar-refractivity contribution in [2.45, 2.75) is 19.4 Å². The van der Waals surface area contributed by atoms with Gasteiger partial charge in [-0.25, -0.2) is 5.43 Å². The summed E-state index contributed by atoms with van der Waals surface area (Å²) in [5.41, 5.74) is 4.01. The van der Waals surface area contributed by atoms with Gasteiger partial charge in [0.25, 0.3) is 5.91 Å². The zero-order chi connectivity index (χ0) is 17.2. The highest BCUT2D eigenvalue weighted by Gasteiger charge is 2.19. The molecule has 3 aromatic rings. The molecular formula is C15H13N7O2S. The van der Waals surface area contributed by atoms with Crippen molar-refractivity contribution in [2.75, 3.05) is 0 Å². The van der Waals surface area contributed by atoms with Crippen LogP contribution in [-0.4, -0.2) is 37.3 Å². The van der Waals surface area contributed by atoms with E-state index in [0.29, 0.717) is 23.6 Å². The Morgan fingerprint density at radius 1 is 1.28 bits per heavy atom. The molecule has 0 atom stereocenters. The van der Waals surface area contributed by atoms with E-state index in [0.717, 1.165) is 10.6 Å². The molecule has 4 rings (SSSR count). The van der Waals surface area contributed by atoms with E-state index in [-0.39, 0.29) is 24.8 Å². The number of thiophene rings is 1. The summed E-state index contributed by atoms with van der Waals surface area (Å²) in [6.07, 6.45) is 0.574. The van der Waals surface area contributed by atoms with Crippen molar-refractivity contribution in [1.29, 1.82) is 0 Å². The first-order chi connectivity index (χ1) is 12.2. The Bertz CT molecular complexity index is 977. The first-order valence-corrected chi connectivity index (χ1v) is 8.47. The second-order valence-corrected chi connectivity index (χ2v) is 6.31. The average Bonchev–Trinajstić information content (AvgIpc) is 3.30. The van der Waals surface area contributed by atoms with Gasteiger partial charge in [-0.15, -0.1) is 21.5 Å². The molecule has 0 aliphatic carbocycles. The topological polar surface area (TPSA) is 114 Å². The zero-order valence-corrected chi connectivity index (χ0v) is 13.8. The van der Waals surface area contributed by atoms with Crippen molar-refractivity contribution in [3.8, 4) is 10.6 Å². The molecule has 0 aromatic carbocycles. The number of rotatable bonds is 4. The molecule has 0 radical (unpaired) electrons. The van der Waals surface area contributed by atoms with Crippen LogP contribution < -0.4 is 10.7 Å². The first kappa shape index (κ1) is 15.4. The second-order valence-electron chi connectivity index (χ2n) is 5.36. The number of carbonyl (C=O) groups is 2. The Labute approximate surface area is 145 Å². The lowest BCUT2D eigenvalue weighted by atomic mass is 10.1. The smallest absolute Gasteiger partial charge is 0.267 e. The van der Waals surface area contributed by atoms with Crippen LogP contribution in [0.5, 0.6) is 0 Å². The fourth-order valence-corrected chi connectivity index (χ4v) is 3.09. The Morgan fingerprint density at radius 2 is 2.20 bits per heavy atom. The van der Waals surface area contributed by atoms with E-state index >= 15 is 0 Å². The molecule has 10 heteroatoms. The number of nitrogens with zero attached hydrogens (tertiary/aromatic N) is 5. The molecule has 3 aromatic heterocycles.